The lowest BCUT2D eigenvalue weighted by atomic mass is 9.95. The fraction of sp³-hybridized carbons (Fsp3) is 0.833. The first-order chi connectivity index (χ1) is 6.90. The van der Waals surface area contributed by atoms with Gasteiger partial charge in [0.1, 0.15) is 12.2 Å². The van der Waals surface area contributed by atoms with Crippen LogP contribution < -0.4 is 0 Å². The molecule has 86 valence electrons. The van der Waals surface area contributed by atoms with Gasteiger partial charge in [-0.15, -0.1) is 10.2 Å². The number of aromatic nitrogens is 3. The molecular weight excluding hydrogens is 186 g/mol. The van der Waals surface area contributed by atoms with E-state index in [1.165, 1.54) is 0 Å². The highest BCUT2D eigenvalue weighted by atomic mass is 15.3. The van der Waals surface area contributed by atoms with Crippen LogP contribution in [0.3, 0.4) is 0 Å². The Morgan fingerprint density at radius 3 is 2.40 bits per heavy atom. The van der Waals surface area contributed by atoms with Crippen LogP contribution in [0, 0.1) is 5.92 Å². The molecule has 15 heavy (non-hydrogen) atoms. The Morgan fingerprint density at radius 1 is 1.33 bits per heavy atom. The largest absolute Gasteiger partial charge is 0.312 e. The van der Waals surface area contributed by atoms with Gasteiger partial charge in [-0.05, 0) is 26.2 Å². The summed E-state index contributed by atoms with van der Waals surface area (Å²) in [4.78, 5) is 0. The van der Waals surface area contributed by atoms with Gasteiger partial charge in [0.15, 0.2) is 0 Å². The molecule has 0 N–H and O–H groups in total. The third-order valence-corrected chi connectivity index (χ3v) is 3.50. The van der Waals surface area contributed by atoms with E-state index in [0.717, 1.165) is 12.2 Å². The minimum atomic E-state index is 0.113. The first-order valence-electron chi connectivity index (χ1n) is 5.80. The maximum Gasteiger partial charge on any atom is 0.136 e. The van der Waals surface area contributed by atoms with Crippen LogP contribution in [0.1, 0.15) is 59.7 Å². The lowest BCUT2D eigenvalue weighted by Gasteiger charge is -2.28. The number of nitrogens with zero attached hydrogens (tertiary/aromatic N) is 3. The fourth-order valence-electron chi connectivity index (χ4n) is 1.49. The zero-order chi connectivity index (χ0) is 11.6. The van der Waals surface area contributed by atoms with E-state index in [1.54, 1.807) is 0 Å². The van der Waals surface area contributed by atoms with Crippen molar-refractivity contribution in [1.82, 2.24) is 14.8 Å². The summed E-state index contributed by atoms with van der Waals surface area (Å²) < 4.78 is 2.22. The average Bonchev–Trinajstić information content (AvgIpc) is 2.65. The highest BCUT2D eigenvalue weighted by Crippen LogP contribution is 2.27. The van der Waals surface area contributed by atoms with Crippen LogP contribution in [0.15, 0.2) is 6.33 Å². The molecule has 0 aromatic carbocycles. The molecule has 0 spiro atoms. The average molecular weight is 209 g/mol. The van der Waals surface area contributed by atoms with E-state index in [0.29, 0.717) is 11.8 Å². The van der Waals surface area contributed by atoms with E-state index in [2.05, 4.69) is 56.3 Å². The fourth-order valence-corrected chi connectivity index (χ4v) is 1.49. The van der Waals surface area contributed by atoms with Crippen molar-refractivity contribution in [3.05, 3.63) is 12.2 Å². The highest BCUT2D eigenvalue weighted by molar-refractivity contribution is 5.00. The van der Waals surface area contributed by atoms with Crippen molar-refractivity contribution in [2.45, 2.75) is 59.4 Å². The molecule has 0 aliphatic rings. The first kappa shape index (κ1) is 12.2. The van der Waals surface area contributed by atoms with Gasteiger partial charge in [0, 0.05) is 11.5 Å². The lowest BCUT2D eigenvalue weighted by Crippen LogP contribution is -2.28. The smallest absolute Gasteiger partial charge is 0.136 e. The molecule has 1 aromatic heterocycles. The van der Waals surface area contributed by atoms with Gasteiger partial charge in [0.25, 0.3) is 0 Å². The molecular formula is C12H23N3. The second-order valence-electron chi connectivity index (χ2n) is 5.26. The molecule has 0 aliphatic heterocycles. The van der Waals surface area contributed by atoms with E-state index >= 15 is 0 Å². The van der Waals surface area contributed by atoms with Gasteiger partial charge >= 0.3 is 0 Å². The van der Waals surface area contributed by atoms with Gasteiger partial charge in [0.2, 0.25) is 0 Å². The second kappa shape index (κ2) is 4.33. The van der Waals surface area contributed by atoms with Crippen molar-refractivity contribution >= 4 is 0 Å². The zero-order valence-electron chi connectivity index (χ0n) is 10.8. The summed E-state index contributed by atoms with van der Waals surface area (Å²) in [7, 11) is 0. The van der Waals surface area contributed by atoms with Crippen LogP contribution in [-0.2, 0) is 5.54 Å². The van der Waals surface area contributed by atoms with Crippen molar-refractivity contribution in [1.29, 1.82) is 0 Å². The summed E-state index contributed by atoms with van der Waals surface area (Å²) in [5.74, 6) is 2.16. The predicted octanol–water partition coefficient (Wildman–Crippen LogP) is 3.18. The van der Waals surface area contributed by atoms with Crippen LogP contribution >= 0.6 is 0 Å². The molecule has 0 amide bonds. The quantitative estimate of drug-likeness (QED) is 0.762. The maximum absolute atomic E-state index is 4.26. The molecule has 0 bridgehead atoms. The molecule has 0 radical (unpaired) electrons. The number of hydrogen-bond donors (Lipinski definition) is 0. The van der Waals surface area contributed by atoms with Crippen LogP contribution in [-0.4, -0.2) is 14.8 Å². The summed E-state index contributed by atoms with van der Waals surface area (Å²) in [6, 6.07) is 0. The summed E-state index contributed by atoms with van der Waals surface area (Å²) in [6.45, 7) is 13.3. The number of rotatable bonds is 4. The molecule has 0 saturated heterocycles. The predicted molar refractivity (Wildman–Crippen MR) is 62.9 cm³/mol. The molecule has 0 aliphatic carbocycles. The van der Waals surface area contributed by atoms with Gasteiger partial charge in [-0.2, -0.15) is 0 Å². The summed E-state index contributed by atoms with van der Waals surface area (Å²) in [6.07, 6.45) is 2.95. The van der Waals surface area contributed by atoms with Crippen LogP contribution in [0.5, 0.6) is 0 Å². The Balaban J connectivity index is 3.06. The van der Waals surface area contributed by atoms with Crippen molar-refractivity contribution < 1.29 is 0 Å². The second-order valence-corrected chi connectivity index (χ2v) is 5.26. The molecule has 3 heteroatoms. The van der Waals surface area contributed by atoms with E-state index in [9.17, 15) is 0 Å². The minimum absolute atomic E-state index is 0.113. The third kappa shape index (κ3) is 2.39. The van der Waals surface area contributed by atoms with Gasteiger partial charge < -0.3 is 4.57 Å². The number of hydrogen-bond acceptors (Lipinski definition) is 2. The van der Waals surface area contributed by atoms with E-state index in [-0.39, 0.29) is 5.54 Å². The van der Waals surface area contributed by atoms with Gasteiger partial charge in [0.05, 0.1) is 0 Å². The SMILES string of the molecule is CCC(C)(C)n1cnnc1C(C)C(C)C. The zero-order valence-corrected chi connectivity index (χ0v) is 10.8. The van der Waals surface area contributed by atoms with Crippen LogP contribution in [0.2, 0.25) is 0 Å². The molecule has 1 unspecified atom stereocenters. The monoisotopic (exact) mass is 209 g/mol. The van der Waals surface area contributed by atoms with Crippen molar-refractivity contribution in [2.75, 3.05) is 0 Å². The van der Waals surface area contributed by atoms with Crippen LogP contribution in [0.4, 0.5) is 0 Å². The lowest BCUT2D eigenvalue weighted by molar-refractivity contribution is 0.316. The molecule has 0 saturated carbocycles. The first-order valence-corrected chi connectivity index (χ1v) is 5.80. The maximum atomic E-state index is 4.26. The Morgan fingerprint density at radius 2 is 1.93 bits per heavy atom. The van der Waals surface area contributed by atoms with E-state index < -0.39 is 0 Å². The topological polar surface area (TPSA) is 30.7 Å². The van der Waals surface area contributed by atoms with Gasteiger partial charge in [-0.3, -0.25) is 0 Å². The van der Waals surface area contributed by atoms with Gasteiger partial charge in [-0.1, -0.05) is 27.7 Å². The van der Waals surface area contributed by atoms with Crippen molar-refractivity contribution in [3.8, 4) is 0 Å². The van der Waals surface area contributed by atoms with E-state index in [4.69, 9.17) is 0 Å². The van der Waals surface area contributed by atoms with Crippen molar-refractivity contribution in [2.24, 2.45) is 5.92 Å². The summed E-state index contributed by atoms with van der Waals surface area (Å²) in [5.41, 5.74) is 0.113. The summed E-state index contributed by atoms with van der Waals surface area (Å²) in [5, 5.41) is 8.32. The summed E-state index contributed by atoms with van der Waals surface area (Å²) >= 11 is 0. The molecule has 1 rings (SSSR count). The Labute approximate surface area is 92.9 Å². The Kier molecular flexibility index (Phi) is 3.53. The molecule has 1 heterocycles. The third-order valence-electron chi connectivity index (χ3n) is 3.50. The molecule has 1 atom stereocenters. The molecule has 0 fully saturated rings. The minimum Gasteiger partial charge on any atom is -0.312 e. The van der Waals surface area contributed by atoms with Crippen molar-refractivity contribution in [3.63, 3.8) is 0 Å². The molecule has 3 nitrogen and oxygen atoms in total. The normalized spacial score (nSPS) is 14.6. The van der Waals surface area contributed by atoms with Crippen LogP contribution in [0.25, 0.3) is 0 Å². The Bertz CT molecular complexity index is 312. The standard InChI is InChI=1S/C12H23N3/c1-7-12(5,6)15-8-13-14-11(15)10(4)9(2)3/h8-10H,7H2,1-6H3. The molecule has 1 aromatic rings. The highest BCUT2D eigenvalue weighted by Gasteiger charge is 2.25. The van der Waals surface area contributed by atoms with E-state index in [1.807, 2.05) is 6.33 Å². The Hall–Kier alpha value is -0.860. The van der Waals surface area contributed by atoms with Gasteiger partial charge in [-0.25, -0.2) is 0 Å².